The predicted molar refractivity (Wildman–Crippen MR) is 121 cm³/mol. The van der Waals surface area contributed by atoms with Gasteiger partial charge in [-0.3, -0.25) is 0 Å². The van der Waals surface area contributed by atoms with Crippen LogP contribution < -0.4 is 0 Å². The van der Waals surface area contributed by atoms with Crippen molar-refractivity contribution in [3.63, 3.8) is 0 Å². The minimum atomic E-state index is -0.479. The summed E-state index contributed by atoms with van der Waals surface area (Å²) in [6.45, 7) is 9.75. The first kappa shape index (κ1) is 21.9. The van der Waals surface area contributed by atoms with Crippen molar-refractivity contribution in [2.45, 2.75) is 110 Å². The fourth-order valence-electron chi connectivity index (χ4n) is 8.36. The van der Waals surface area contributed by atoms with Crippen LogP contribution in [0.3, 0.4) is 0 Å². The van der Waals surface area contributed by atoms with Gasteiger partial charge >= 0.3 is 0 Å². The van der Waals surface area contributed by atoms with E-state index in [4.69, 9.17) is 0 Å². The molecule has 0 saturated heterocycles. The monoisotopic (exact) mass is 402 g/mol. The molecule has 3 fully saturated rings. The molecule has 4 rings (SSSR count). The third-order valence-corrected chi connectivity index (χ3v) is 10.4. The predicted octanol–water partition coefficient (Wildman–Crippen LogP) is 6.51. The van der Waals surface area contributed by atoms with Gasteiger partial charge in [-0.15, -0.1) is 0 Å². The van der Waals surface area contributed by atoms with E-state index in [1.54, 1.807) is 5.57 Å². The number of aliphatic hydroxyl groups excluding tert-OH is 1. The molecular weight excluding hydrogens is 356 g/mol. The Morgan fingerprint density at radius 2 is 1.83 bits per heavy atom. The van der Waals surface area contributed by atoms with Crippen LogP contribution in [-0.4, -0.2) is 22.4 Å². The van der Waals surface area contributed by atoms with Crippen molar-refractivity contribution in [3.05, 3.63) is 11.6 Å². The van der Waals surface area contributed by atoms with E-state index in [1.807, 2.05) is 6.92 Å². The third kappa shape index (κ3) is 3.86. The van der Waals surface area contributed by atoms with E-state index in [0.717, 1.165) is 36.5 Å². The highest BCUT2D eigenvalue weighted by Gasteiger charge is 2.58. The number of hydrogen-bond donors (Lipinski definition) is 2. The number of aliphatic hydroxyl groups is 2. The molecule has 4 aliphatic carbocycles. The van der Waals surface area contributed by atoms with Crippen LogP contribution in [0.2, 0.25) is 0 Å². The zero-order valence-corrected chi connectivity index (χ0v) is 19.6. The first-order chi connectivity index (χ1) is 13.7. The summed E-state index contributed by atoms with van der Waals surface area (Å²) in [7, 11) is 0. The van der Waals surface area contributed by atoms with Gasteiger partial charge in [0, 0.05) is 6.61 Å². The van der Waals surface area contributed by atoms with Crippen LogP contribution in [0.15, 0.2) is 11.6 Å². The molecule has 8 atom stereocenters. The smallest absolute Gasteiger partial charge is 0.0657 e. The van der Waals surface area contributed by atoms with E-state index in [1.165, 1.54) is 64.2 Å². The standard InChI is InChI=1S/C27H46O2/c1-19(18-28)7-5-6-8-20-10-12-23-22-11-9-21-17-25(2,29)15-16-27(21,4)24(22)13-14-26(20,23)3/h9,19-20,22-24,28-29H,5-8,10-18H2,1-4H3/t19?,20?,22?,23?,24?,25-,26?,27?/m0/s1. The number of allylic oxidation sites excluding steroid dienone is 1. The van der Waals surface area contributed by atoms with Gasteiger partial charge in [0.1, 0.15) is 0 Å². The highest BCUT2D eigenvalue weighted by atomic mass is 16.3. The molecule has 0 aliphatic heterocycles. The molecular formula is C27H46O2. The molecule has 0 bridgehead atoms. The van der Waals surface area contributed by atoms with E-state index in [-0.39, 0.29) is 0 Å². The molecule has 2 N–H and O–H groups in total. The lowest BCUT2D eigenvalue weighted by Gasteiger charge is -2.59. The maximum atomic E-state index is 10.6. The van der Waals surface area contributed by atoms with Gasteiger partial charge in [-0.1, -0.05) is 45.3 Å². The summed E-state index contributed by atoms with van der Waals surface area (Å²) in [5.74, 6) is 4.03. The molecule has 4 aliphatic rings. The summed E-state index contributed by atoms with van der Waals surface area (Å²) in [6.07, 6.45) is 17.9. The molecule has 0 aromatic rings. The van der Waals surface area contributed by atoms with Gasteiger partial charge in [0.2, 0.25) is 0 Å². The first-order valence-electron chi connectivity index (χ1n) is 12.7. The molecule has 3 saturated carbocycles. The van der Waals surface area contributed by atoms with Gasteiger partial charge in [-0.05, 0) is 112 Å². The Bertz CT molecular complexity index is 622. The fraction of sp³-hybridized carbons (Fsp3) is 0.926. The summed E-state index contributed by atoms with van der Waals surface area (Å²) in [5.41, 5.74) is 2.02. The van der Waals surface area contributed by atoms with Gasteiger partial charge in [-0.25, -0.2) is 0 Å². The average Bonchev–Trinajstić information content (AvgIpc) is 3.02. The molecule has 0 radical (unpaired) electrons. The Hall–Kier alpha value is -0.340. The first-order valence-corrected chi connectivity index (χ1v) is 12.7. The van der Waals surface area contributed by atoms with Crippen molar-refractivity contribution in [3.8, 4) is 0 Å². The number of hydrogen-bond acceptors (Lipinski definition) is 2. The molecule has 0 heterocycles. The van der Waals surface area contributed by atoms with Crippen LogP contribution in [0.1, 0.15) is 105 Å². The van der Waals surface area contributed by atoms with E-state index in [9.17, 15) is 10.2 Å². The average molecular weight is 403 g/mol. The Morgan fingerprint density at radius 3 is 2.59 bits per heavy atom. The Balaban J connectivity index is 1.43. The SMILES string of the molecule is CC(CO)CCCCC1CCC2C3CC=C4C[C@@](C)(O)CCC4(C)C3CCC12C. The number of rotatable bonds is 6. The van der Waals surface area contributed by atoms with Gasteiger partial charge < -0.3 is 10.2 Å². The van der Waals surface area contributed by atoms with Gasteiger partial charge in [0.15, 0.2) is 0 Å². The highest BCUT2D eigenvalue weighted by Crippen LogP contribution is 2.67. The highest BCUT2D eigenvalue weighted by molar-refractivity contribution is 5.26. The van der Waals surface area contributed by atoms with E-state index >= 15 is 0 Å². The number of unbranched alkanes of at least 4 members (excludes halogenated alkanes) is 1. The van der Waals surface area contributed by atoms with Crippen LogP contribution in [-0.2, 0) is 0 Å². The Morgan fingerprint density at radius 1 is 1.03 bits per heavy atom. The summed E-state index contributed by atoms with van der Waals surface area (Å²) in [5, 5.41) is 19.9. The Kier molecular flexibility index (Phi) is 6.01. The molecule has 0 aromatic heterocycles. The lowest BCUT2D eigenvalue weighted by molar-refractivity contribution is -0.0661. The van der Waals surface area contributed by atoms with Crippen LogP contribution in [0.4, 0.5) is 0 Å². The van der Waals surface area contributed by atoms with Crippen LogP contribution in [0, 0.1) is 40.4 Å². The van der Waals surface area contributed by atoms with Gasteiger partial charge in [-0.2, -0.15) is 0 Å². The van der Waals surface area contributed by atoms with Crippen molar-refractivity contribution < 1.29 is 10.2 Å². The molecule has 29 heavy (non-hydrogen) atoms. The van der Waals surface area contributed by atoms with Gasteiger partial charge in [0.05, 0.1) is 5.60 Å². The second-order valence-electron chi connectivity index (χ2n) is 12.3. The quantitative estimate of drug-likeness (QED) is 0.393. The van der Waals surface area contributed by atoms with Crippen LogP contribution >= 0.6 is 0 Å². The van der Waals surface area contributed by atoms with Crippen LogP contribution in [0.25, 0.3) is 0 Å². The van der Waals surface area contributed by atoms with Crippen molar-refractivity contribution in [1.82, 2.24) is 0 Å². The second-order valence-corrected chi connectivity index (χ2v) is 12.3. The van der Waals surface area contributed by atoms with E-state index in [0.29, 0.717) is 23.4 Å². The summed E-state index contributed by atoms with van der Waals surface area (Å²) < 4.78 is 0. The molecule has 0 spiro atoms. The maximum absolute atomic E-state index is 10.6. The maximum Gasteiger partial charge on any atom is 0.0657 e. The van der Waals surface area contributed by atoms with Crippen molar-refractivity contribution in [2.24, 2.45) is 40.4 Å². The minimum Gasteiger partial charge on any atom is -0.396 e. The van der Waals surface area contributed by atoms with E-state index in [2.05, 4.69) is 26.8 Å². The fourth-order valence-corrected chi connectivity index (χ4v) is 8.36. The normalized spacial score (nSPS) is 47.7. The molecule has 7 unspecified atom stereocenters. The zero-order chi connectivity index (χ0) is 20.9. The topological polar surface area (TPSA) is 40.5 Å². The van der Waals surface area contributed by atoms with Crippen molar-refractivity contribution >= 4 is 0 Å². The zero-order valence-electron chi connectivity index (χ0n) is 19.6. The molecule has 0 amide bonds. The third-order valence-electron chi connectivity index (χ3n) is 10.4. The lowest BCUT2D eigenvalue weighted by Crippen LogP contribution is -2.51. The number of fused-ring (bicyclic) bond motifs is 5. The lowest BCUT2D eigenvalue weighted by atomic mass is 9.46. The largest absolute Gasteiger partial charge is 0.396 e. The summed E-state index contributed by atoms with van der Waals surface area (Å²) in [6, 6.07) is 0. The molecule has 166 valence electrons. The van der Waals surface area contributed by atoms with Crippen molar-refractivity contribution in [1.29, 1.82) is 0 Å². The second kappa shape index (κ2) is 7.97. The molecule has 2 nitrogen and oxygen atoms in total. The minimum absolute atomic E-state index is 0.343. The van der Waals surface area contributed by atoms with Gasteiger partial charge in [0.25, 0.3) is 0 Å². The Labute approximate surface area is 179 Å². The van der Waals surface area contributed by atoms with Crippen molar-refractivity contribution in [2.75, 3.05) is 6.61 Å². The van der Waals surface area contributed by atoms with Crippen LogP contribution in [0.5, 0.6) is 0 Å². The summed E-state index contributed by atoms with van der Waals surface area (Å²) in [4.78, 5) is 0. The molecule has 0 aromatic carbocycles. The van der Waals surface area contributed by atoms with E-state index < -0.39 is 5.60 Å². The summed E-state index contributed by atoms with van der Waals surface area (Å²) >= 11 is 0. The molecule has 2 heteroatoms.